The summed E-state index contributed by atoms with van der Waals surface area (Å²) in [6.45, 7) is 0. The second-order valence-electron chi connectivity index (χ2n) is 12.6. The Morgan fingerprint density at radius 1 is 0.408 bits per heavy atom. The average Bonchev–Trinajstić information content (AvgIpc) is 3.81. The van der Waals surface area contributed by atoms with Crippen molar-refractivity contribution >= 4 is 76.5 Å². The summed E-state index contributed by atoms with van der Waals surface area (Å²) in [4.78, 5) is 10.7. The lowest BCUT2D eigenvalue weighted by atomic mass is 10.0. The van der Waals surface area contributed by atoms with Gasteiger partial charge in [-0.1, -0.05) is 103 Å². The van der Waals surface area contributed by atoms with Crippen LogP contribution >= 0.6 is 0 Å². The molecule has 0 aliphatic carbocycles. The van der Waals surface area contributed by atoms with Crippen molar-refractivity contribution in [3.63, 3.8) is 0 Å². The molecule has 49 heavy (non-hydrogen) atoms. The molecule has 0 amide bonds. The zero-order valence-electron chi connectivity index (χ0n) is 26.2. The third kappa shape index (κ3) is 3.70. The molecule has 0 aliphatic rings. The summed E-state index contributed by atoms with van der Waals surface area (Å²) >= 11 is 0. The molecular formula is C44H26N4O. The third-order valence-electron chi connectivity index (χ3n) is 9.93. The van der Waals surface area contributed by atoms with Gasteiger partial charge in [0.25, 0.3) is 0 Å². The van der Waals surface area contributed by atoms with Gasteiger partial charge in [0, 0.05) is 49.0 Å². The van der Waals surface area contributed by atoms with E-state index in [1.807, 2.05) is 24.3 Å². The molecule has 0 saturated carbocycles. The van der Waals surface area contributed by atoms with Crippen LogP contribution in [0, 0.1) is 0 Å². The van der Waals surface area contributed by atoms with Crippen molar-refractivity contribution in [1.82, 2.24) is 19.1 Å². The van der Waals surface area contributed by atoms with Crippen LogP contribution in [0.4, 0.5) is 0 Å². The lowest BCUT2D eigenvalue weighted by molar-refractivity contribution is 0.669. The molecule has 5 nitrogen and oxygen atoms in total. The van der Waals surface area contributed by atoms with Crippen molar-refractivity contribution in [3.8, 4) is 22.9 Å². The van der Waals surface area contributed by atoms with E-state index in [1.54, 1.807) is 0 Å². The molecule has 0 bridgehead atoms. The number of nitrogens with zero attached hydrogens (tertiary/aromatic N) is 4. The topological polar surface area (TPSA) is 48.8 Å². The predicted molar refractivity (Wildman–Crippen MR) is 201 cm³/mol. The quantitative estimate of drug-likeness (QED) is 0.196. The number of rotatable bonds is 3. The van der Waals surface area contributed by atoms with Gasteiger partial charge in [0.15, 0.2) is 0 Å². The van der Waals surface area contributed by atoms with Gasteiger partial charge in [-0.25, -0.2) is 9.97 Å². The van der Waals surface area contributed by atoms with Crippen molar-refractivity contribution in [2.75, 3.05) is 0 Å². The first-order valence-electron chi connectivity index (χ1n) is 16.5. The molecule has 11 aromatic rings. The van der Waals surface area contributed by atoms with Crippen LogP contribution in [0.5, 0.6) is 0 Å². The lowest BCUT2D eigenvalue weighted by Crippen LogP contribution is -2.03. The van der Waals surface area contributed by atoms with E-state index in [4.69, 9.17) is 14.4 Å². The fourth-order valence-electron chi connectivity index (χ4n) is 7.84. The van der Waals surface area contributed by atoms with Gasteiger partial charge < -0.3 is 8.98 Å². The maximum Gasteiger partial charge on any atom is 0.235 e. The Morgan fingerprint density at radius 2 is 1.02 bits per heavy atom. The van der Waals surface area contributed by atoms with Crippen molar-refractivity contribution in [2.24, 2.45) is 0 Å². The normalized spacial score (nSPS) is 12.1. The van der Waals surface area contributed by atoms with Gasteiger partial charge in [-0.3, -0.25) is 4.57 Å². The Kier molecular flexibility index (Phi) is 5.32. The second-order valence-corrected chi connectivity index (χ2v) is 12.6. The molecule has 4 aromatic heterocycles. The zero-order chi connectivity index (χ0) is 32.1. The summed E-state index contributed by atoms with van der Waals surface area (Å²) < 4.78 is 10.9. The molecule has 0 N–H and O–H groups in total. The Morgan fingerprint density at radius 3 is 1.82 bits per heavy atom. The van der Waals surface area contributed by atoms with Gasteiger partial charge in [0.1, 0.15) is 11.2 Å². The van der Waals surface area contributed by atoms with Crippen LogP contribution in [0.25, 0.3) is 99.3 Å². The first-order valence-corrected chi connectivity index (χ1v) is 16.5. The minimum Gasteiger partial charge on any atom is -0.456 e. The number of benzene rings is 7. The van der Waals surface area contributed by atoms with E-state index in [9.17, 15) is 0 Å². The molecule has 11 rings (SSSR count). The van der Waals surface area contributed by atoms with E-state index in [1.165, 1.54) is 21.7 Å². The SMILES string of the molecule is c1ccc(-n2c3ccccc3c3cc4c5ccccc5n(-c5nc(-c6cccc7oc8ccccc8c67)c6ccccc6n5)c4cc32)cc1. The Labute approximate surface area is 279 Å². The summed E-state index contributed by atoms with van der Waals surface area (Å²) in [6, 6.07) is 55.3. The predicted octanol–water partition coefficient (Wildman–Crippen LogP) is 11.4. The molecule has 0 radical (unpaired) electrons. The van der Waals surface area contributed by atoms with Gasteiger partial charge in [0.2, 0.25) is 5.95 Å². The van der Waals surface area contributed by atoms with Crippen molar-refractivity contribution in [2.45, 2.75) is 0 Å². The summed E-state index contributed by atoms with van der Waals surface area (Å²) in [5.41, 5.74) is 10.1. The number of hydrogen-bond acceptors (Lipinski definition) is 3. The molecular weight excluding hydrogens is 601 g/mol. The fourth-order valence-corrected chi connectivity index (χ4v) is 7.84. The molecule has 0 aliphatic heterocycles. The third-order valence-corrected chi connectivity index (χ3v) is 9.93. The first-order chi connectivity index (χ1) is 24.3. The molecule has 5 heteroatoms. The molecule has 228 valence electrons. The number of aromatic nitrogens is 4. The smallest absolute Gasteiger partial charge is 0.235 e. The van der Waals surface area contributed by atoms with Crippen LogP contribution in [-0.4, -0.2) is 19.1 Å². The van der Waals surface area contributed by atoms with Crippen LogP contribution in [0.15, 0.2) is 162 Å². The van der Waals surface area contributed by atoms with E-state index < -0.39 is 0 Å². The van der Waals surface area contributed by atoms with E-state index in [0.717, 1.165) is 71.7 Å². The van der Waals surface area contributed by atoms with E-state index in [-0.39, 0.29) is 0 Å². The highest BCUT2D eigenvalue weighted by Crippen LogP contribution is 2.41. The highest BCUT2D eigenvalue weighted by atomic mass is 16.3. The Bertz CT molecular complexity index is 3110. The van der Waals surface area contributed by atoms with Crippen LogP contribution in [0.3, 0.4) is 0 Å². The molecule has 0 atom stereocenters. The van der Waals surface area contributed by atoms with Gasteiger partial charge >= 0.3 is 0 Å². The Balaban J connectivity index is 1.27. The maximum atomic E-state index is 6.31. The largest absolute Gasteiger partial charge is 0.456 e. The molecule has 0 spiro atoms. The second kappa shape index (κ2) is 9.89. The standard InChI is InChI=1S/C44H26N4O/c1-2-13-27(14-3-1)47-36-21-9-5-15-28(36)33-25-34-29-16-6-10-22-37(29)48(39(34)26-38(33)47)44-45-35-20-8-4-17-30(35)43(46-44)32-19-12-24-41-42(32)31-18-7-11-23-40(31)49-41/h1-26H. The van der Waals surface area contributed by atoms with Crippen LogP contribution < -0.4 is 0 Å². The monoisotopic (exact) mass is 626 g/mol. The number of para-hydroxylation sites is 5. The summed E-state index contributed by atoms with van der Waals surface area (Å²) in [5, 5.41) is 7.90. The van der Waals surface area contributed by atoms with E-state index in [0.29, 0.717) is 5.95 Å². The van der Waals surface area contributed by atoms with Crippen molar-refractivity contribution in [1.29, 1.82) is 0 Å². The van der Waals surface area contributed by atoms with E-state index in [2.05, 4.69) is 143 Å². The number of hydrogen-bond donors (Lipinski definition) is 0. The molecule has 7 aromatic carbocycles. The summed E-state index contributed by atoms with van der Waals surface area (Å²) in [5.74, 6) is 0.631. The van der Waals surface area contributed by atoms with E-state index >= 15 is 0 Å². The van der Waals surface area contributed by atoms with Gasteiger partial charge in [-0.05, 0) is 54.6 Å². The van der Waals surface area contributed by atoms with Crippen LogP contribution in [0.2, 0.25) is 0 Å². The summed E-state index contributed by atoms with van der Waals surface area (Å²) in [6.07, 6.45) is 0. The minimum absolute atomic E-state index is 0.631. The van der Waals surface area contributed by atoms with Gasteiger partial charge in [-0.2, -0.15) is 0 Å². The first kappa shape index (κ1) is 26.4. The minimum atomic E-state index is 0.631. The van der Waals surface area contributed by atoms with Crippen molar-refractivity contribution in [3.05, 3.63) is 158 Å². The summed E-state index contributed by atoms with van der Waals surface area (Å²) in [7, 11) is 0. The van der Waals surface area contributed by atoms with Crippen LogP contribution in [0.1, 0.15) is 0 Å². The lowest BCUT2D eigenvalue weighted by Gasteiger charge is -2.13. The van der Waals surface area contributed by atoms with Gasteiger partial charge in [-0.15, -0.1) is 0 Å². The highest BCUT2D eigenvalue weighted by molar-refractivity contribution is 6.19. The molecule has 0 saturated heterocycles. The highest BCUT2D eigenvalue weighted by Gasteiger charge is 2.22. The zero-order valence-corrected chi connectivity index (χ0v) is 26.2. The number of fused-ring (bicyclic) bond motifs is 10. The molecule has 0 unspecified atom stereocenters. The average molecular weight is 627 g/mol. The molecule has 4 heterocycles. The molecule has 0 fully saturated rings. The van der Waals surface area contributed by atoms with Crippen LogP contribution in [-0.2, 0) is 0 Å². The number of furan rings is 1. The maximum absolute atomic E-state index is 6.31. The Hall–Kier alpha value is -6.72. The van der Waals surface area contributed by atoms with Gasteiger partial charge in [0.05, 0.1) is 33.3 Å². The van der Waals surface area contributed by atoms with Crippen molar-refractivity contribution < 1.29 is 4.42 Å². The fraction of sp³-hybridized carbons (Fsp3) is 0.